The van der Waals surface area contributed by atoms with Crippen molar-refractivity contribution in [1.29, 1.82) is 0 Å². The largest absolute Gasteiger partial charge is 0.352 e. The van der Waals surface area contributed by atoms with Crippen molar-refractivity contribution in [3.63, 3.8) is 0 Å². The minimum Gasteiger partial charge on any atom is -0.352 e. The molecule has 1 N–H and O–H groups in total. The van der Waals surface area contributed by atoms with Crippen LogP contribution < -0.4 is 10.9 Å². The van der Waals surface area contributed by atoms with Gasteiger partial charge in [0, 0.05) is 17.3 Å². The number of hydrogen-bond donors (Lipinski definition) is 1. The van der Waals surface area contributed by atoms with Crippen molar-refractivity contribution in [3.05, 3.63) is 51.6 Å². The molecule has 0 bridgehead atoms. The van der Waals surface area contributed by atoms with Crippen molar-refractivity contribution >= 4 is 16.8 Å². The summed E-state index contributed by atoms with van der Waals surface area (Å²) in [5, 5.41) is 12.7. The maximum atomic E-state index is 13.2. The smallest absolute Gasteiger partial charge is 0.293 e. The summed E-state index contributed by atoms with van der Waals surface area (Å²) in [7, 11) is 0. The lowest BCUT2D eigenvalue weighted by Gasteiger charge is -2.12. The number of nitrogens with one attached hydrogen (secondary N) is 1. The summed E-state index contributed by atoms with van der Waals surface area (Å²) in [5.74, 6) is 0.113. The van der Waals surface area contributed by atoms with E-state index in [1.165, 1.54) is 4.68 Å². The number of rotatable bonds is 5. The molecule has 1 aliphatic rings. The van der Waals surface area contributed by atoms with E-state index in [1.54, 1.807) is 10.9 Å². The quantitative estimate of drug-likeness (QED) is 0.739. The zero-order valence-electron chi connectivity index (χ0n) is 16.7. The molecule has 0 saturated heterocycles. The van der Waals surface area contributed by atoms with Crippen LogP contribution in [0.15, 0.2) is 29.2 Å². The maximum absolute atomic E-state index is 13.2. The second-order valence-electron chi connectivity index (χ2n) is 7.95. The first-order valence-electron chi connectivity index (χ1n) is 9.71. The molecule has 4 rings (SSSR count). The number of hydrogen-bond acceptors (Lipinski definition) is 4. The van der Waals surface area contributed by atoms with E-state index < -0.39 is 0 Å². The molecule has 0 spiro atoms. The zero-order chi connectivity index (χ0) is 20.0. The van der Waals surface area contributed by atoms with Gasteiger partial charge in [-0.1, -0.05) is 17.7 Å². The summed E-state index contributed by atoms with van der Waals surface area (Å²) in [6.45, 7) is 7.73. The predicted octanol–water partition coefficient (Wildman–Crippen LogP) is 2.60. The number of fused-ring (bicyclic) bond motifs is 1. The van der Waals surface area contributed by atoms with Crippen LogP contribution in [0.1, 0.15) is 49.4 Å². The summed E-state index contributed by atoms with van der Waals surface area (Å²) >= 11 is 0. The number of carbonyl (C=O) groups is 1. The third kappa shape index (κ3) is 3.32. The first-order chi connectivity index (χ1) is 13.3. The Balaban J connectivity index is 1.89. The number of nitrogens with zero attached hydrogens (tertiary/aromatic N) is 4. The van der Waals surface area contributed by atoms with E-state index in [2.05, 4.69) is 21.6 Å². The summed E-state index contributed by atoms with van der Waals surface area (Å²) in [6, 6.07) is 6.06. The molecular weight excluding hydrogens is 354 g/mol. The van der Waals surface area contributed by atoms with Gasteiger partial charge in [0.1, 0.15) is 12.1 Å². The molecule has 1 aliphatic carbocycles. The minimum atomic E-state index is -0.296. The van der Waals surface area contributed by atoms with Crippen molar-refractivity contribution in [2.45, 2.75) is 59.0 Å². The third-order valence-electron chi connectivity index (χ3n) is 5.00. The molecule has 7 heteroatoms. The Hall–Kier alpha value is -2.96. The molecule has 7 nitrogen and oxygen atoms in total. The van der Waals surface area contributed by atoms with Crippen LogP contribution in [0.2, 0.25) is 0 Å². The fourth-order valence-corrected chi connectivity index (χ4v) is 3.59. The van der Waals surface area contributed by atoms with Crippen LogP contribution in [0.4, 0.5) is 0 Å². The Labute approximate surface area is 163 Å². The van der Waals surface area contributed by atoms with Gasteiger partial charge >= 0.3 is 0 Å². The Morgan fingerprint density at radius 2 is 2.04 bits per heavy atom. The van der Waals surface area contributed by atoms with Gasteiger partial charge < -0.3 is 5.32 Å². The summed E-state index contributed by atoms with van der Waals surface area (Å²) in [5.41, 5.74) is 4.11. The van der Waals surface area contributed by atoms with Crippen LogP contribution in [0, 0.1) is 13.8 Å². The first kappa shape index (κ1) is 18.4. The van der Waals surface area contributed by atoms with E-state index in [1.807, 2.05) is 39.8 Å². The number of amides is 1. The normalized spacial score (nSPS) is 14.0. The van der Waals surface area contributed by atoms with Gasteiger partial charge in [-0.05, 0) is 52.2 Å². The second-order valence-corrected chi connectivity index (χ2v) is 7.95. The average Bonchev–Trinajstić information content (AvgIpc) is 3.36. The number of carbonyl (C=O) groups excluding carboxylic acids is 1. The Bertz CT molecular complexity index is 1120. The molecule has 1 amide bonds. The molecule has 0 aliphatic heterocycles. The van der Waals surface area contributed by atoms with Crippen LogP contribution in [0.5, 0.6) is 0 Å². The SMILES string of the molecule is Cc1ccc(-n2ncc3c(C4CC4)nn(CC(=O)NC(C)C)c(=O)c32)c(C)c1. The molecule has 0 unspecified atom stereocenters. The fraction of sp³-hybridized carbons (Fsp3) is 0.429. The van der Waals surface area contributed by atoms with Gasteiger partial charge in [-0.25, -0.2) is 9.36 Å². The molecule has 28 heavy (non-hydrogen) atoms. The van der Waals surface area contributed by atoms with Crippen LogP contribution in [0.25, 0.3) is 16.6 Å². The van der Waals surface area contributed by atoms with Crippen molar-refractivity contribution in [3.8, 4) is 5.69 Å². The van der Waals surface area contributed by atoms with E-state index >= 15 is 0 Å². The highest BCUT2D eigenvalue weighted by Crippen LogP contribution is 2.41. The molecule has 3 aromatic rings. The molecule has 0 radical (unpaired) electrons. The van der Waals surface area contributed by atoms with E-state index in [9.17, 15) is 9.59 Å². The van der Waals surface area contributed by atoms with Crippen molar-refractivity contribution in [2.75, 3.05) is 0 Å². The second kappa shape index (κ2) is 6.89. The van der Waals surface area contributed by atoms with Crippen LogP contribution in [0.3, 0.4) is 0 Å². The molecular formula is C21H25N5O2. The highest BCUT2D eigenvalue weighted by atomic mass is 16.2. The average molecular weight is 379 g/mol. The zero-order valence-corrected chi connectivity index (χ0v) is 16.7. The highest BCUT2D eigenvalue weighted by molar-refractivity contribution is 5.83. The molecule has 1 fully saturated rings. The maximum Gasteiger partial charge on any atom is 0.293 e. The van der Waals surface area contributed by atoms with E-state index in [0.29, 0.717) is 11.4 Å². The van der Waals surface area contributed by atoms with Gasteiger partial charge in [-0.2, -0.15) is 10.2 Å². The van der Waals surface area contributed by atoms with E-state index in [4.69, 9.17) is 0 Å². The highest BCUT2D eigenvalue weighted by Gasteiger charge is 2.30. The lowest BCUT2D eigenvalue weighted by atomic mass is 10.1. The molecule has 0 atom stereocenters. The molecule has 1 saturated carbocycles. The van der Waals surface area contributed by atoms with Crippen molar-refractivity contribution < 1.29 is 4.79 Å². The van der Waals surface area contributed by atoms with Gasteiger partial charge in [0.15, 0.2) is 0 Å². The van der Waals surface area contributed by atoms with Gasteiger partial charge in [0.2, 0.25) is 5.91 Å². The van der Waals surface area contributed by atoms with E-state index in [0.717, 1.165) is 40.7 Å². The van der Waals surface area contributed by atoms with Gasteiger partial charge in [0.25, 0.3) is 5.56 Å². The van der Waals surface area contributed by atoms with Crippen molar-refractivity contribution in [2.24, 2.45) is 0 Å². The van der Waals surface area contributed by atoms with Gasteiger partial charge in [-0.15, -0.1) is 0 Å². The van der Waals surface area contributed by atoms with E-state index in [-0.39, 0.29) is 24.1 Å². The lowest BCUT2D eigenvalue weighted by Crippen LogP contribution is -2.37. The Kier molecular flexibility index (Phi) is 4.53. The monoisotopic (exact) mass is 379 g/mol. The Morgan fingerprint density at radius 1 is 1.29 bits per heavy atom. The van der Waals surface area contributed by atoms with Crippen LogP contribution >= 0.6 is 0 Å². The summed E-state index contributed by atoms with van der Waals surface area (Å²) in [6.07, 6.45) is 3.83. The molecule has 2 aromatic heterocycles. The summed E-state index contributed by atoms with van der Waals surface area (Å²) in [4.78, 5) is 25.5. The fourth-order valence-electron chi connectivity index (χ4n) is 3.59. The number of benzene rings is 1. The molecule has 146 valence electrons. The topological polar surface area (TPSA) is 81.8 Å². The molecule has 2 heterocycles. The lowest BCUT2D eigenvalue weighted by molar-refractivity contribution is -0.122. The Morgan fingerprint density at radius 3 is 2.68 bits per heavy atom. The van der Waals surface area contributed by atoms with Crippen LogP contribution in [-0.2, 0) is 11.3 Å². The number of aryl methyl sites for hydroxylation is 2. The van der Waals surface area contributed by atoms with Gasteiger partial charge in [-0.3, -0.25) is 9.59 Å². The predicted molar refractivity (Wildman–Crippen MR) is 108 cm³/mol. The summed E-state index contributed by atoms with van der Waals surface area (Å²) < 4.78 is 2.98. The first-order valence-corrected chi connectivity index (χ1v) is 9.71. The van der Waals surface area contributed by atoms with Gasteiger partial charge in [0.05, 0.1) is 17.6 Å². The minimum absolute atomic E-state index is 0.00979. The number of aromatic nitrogens is 4. The standard InChI is InChI=1S/C21H25N5O2/c1-12(2)23-18(27)11-25-21(28)20-16(19(24-25)15-6-7-15)10-22-26(20)17-8-5-13(3)9-14(17)4/h5,8-10,12,15H,6-7,11H2,1-4H3,(H,23,27). The molecule has 1 aromatic carbocycles. The van der Waals surface area contributed by atoms with Crippen molar-refractivity contribution in [1.82, 2.24) is 24.9 Å². The third-order valence-corrected chi connectivity index (χ3v) is 5.00. The van der Waals surface area contributed by atoms with Crippen LogP contribution in [-0.4, -0.2) is 31.5 Å².